The Balaban J connectivity index is 4.28. The summed E-state index contributed by atoms with van der Waals surface area (Å²) in [7, 11) is -3.45. The lowest BCUT2D eigenvalue weighted by Gasteiger charge is -2.31. The summed E-state index contributed by atoms with van der Waals surface area (Å²) in [6.45, 7) is -1.13. The van der Waals surface area contributed by atoms with Crippen LogP contribution in [-0.4, -0.2) is 19.0 Å². The molecule has 0 amide bonds. The van der Waals surface area contributed by atoms with Gasteiger partial charge in [0.25, 0.3) is 0 Å². The second-order valence-corrected chi connectivity index (χ2v) is 3.73. The third-order valence-corrected chi connectivity index (χ3v) is 1.82. The molecule has 0 atom stereocenters. The molecular weight excluding hydrogens is 265 g/mol. The zero-order valence-electron chi connectivity index (χ0n) is 7.64. The van der Waals surface area contributed by atoms with Crippen LogP contribution in [-0.2, 0) is 4.52 Å². The molecule has 0 N–H and O–H groups in total. The molecule has 98 valence electrons. The molecule has 0 saturated heterocycles. The van der Waals surface area contributed by atoms with E-state index in [0.29, 0.717) is 0 Å². The molecule has 0 unspecified atom stereocenters. The van der Waals surface area contributed by atoms with Gasteiger partial charge in [-0.25, -0.2) is 0 Å². The first-order chi connectivity index (χ1) is 6.99. The Morgan fingerprint density at radius 1 is 0.938 bits per heavy atom. The summed E-state index contributed by atoms with van der Waals surface area (Å²) in [6.07, 6.45) is -13.1. The lowest BCUT2D eigenvalue weighted by atomic mass is 10.0. The maximum atomic E-state index is 11.8. The van der Waals surface area contributed by atoms with Crippen LogP contribution in [0.3, 0.4) is 0 Å². The van der Waals surface area contributed by atoms with E-state index >= 15 is 0 Å². The molecule has 10 heteroatoms. The third-order valence-electron chi connectivity index (χ3n) is 1.46. The molecule has 0 bridgehead atoms. The van der Waals surface area contributed by atoms with E-state index in [4.69, 9.17) is 0 Å². The van der Waals surface area contributed by atoms with Gasteiger partial charge in [0.1, 0.15) is 0 Å². The average molecular weight is 272 g/mol. The van der Waals surface area contributed by atoms with E-state index in [1.54, 1.807) is 0 Å². The van der Waals surface area contributed by atoms with Crippen LogP contribution < -0.4 is 9.79 Å². The highest BCUT2D eigenvalue weighted by Gasteiger charge is 2.38. The molecule has 0 aliphatic carbocycles. The fourth-order valence-electron chi connectivity index (χ4n) is 1.01. The molecule has 3 nitrogen and oxygen atoms in total. The van der Waals surface area contributed by atoms with Crippen LogP contribution in [0.5, 0.6) is 0 Å². The number of hydrogen-bond donors (Lipinski definition) is 0. The quantitative estimate of drug-likeness (QED) is 0.562. The molecule has 0 aliphatic rings. The fraction of sp³-hybridized carbons (Fsp3) is 1.00. The summed E-state index contributed by atoms with van der Waals surface area (Å²) in [5, 5.41) is 0. The molecule has 0 spiro atoms. The summed E-state index contributed by atoms with van der Waals surface area (Å²) in [6, 6.07) is 0. The second-order valence-electron chi connectivity index (χ2n) is 3.02. The minimum absolute atomic E-state index is 1.13. The topological polar surface area (TPSA) is 55.3 Å². The molecule has 0 heterocycles. The van der Waals surface area contributed by atoms with Crippen LogP contribution in [0.4, 0.5) is 26.3 Å². The van der Waals surface area contributed by atoms with Crippen LogP contribution in [0.15, 0.2) is 0 Å². The van der Waals surface area contributed by atoms with Crippen molar-refractivity contribution in [2.45, 2.75) is 25.2 Å². The highest BCUT2D eigenvalue weighted by Crippen LogP contribution is 2.34. The van der Waals surface area contributed by atoms with Crippen molar-refractivity contribution >= 4 is 8.60 Å². The summed E-state index contributed by atoms with van der Waals surface area (Å²) in [4.78, 5) is 19.8. The van der Waals surface area contributed by atoms with E-state index in [0.717, 1.165) is 0 Å². The summed E-state index contributed by atoms with van der Waals surface area (Å²) in [5.41, 5.74) is 0. The summed E-state index contributed by atoms with van der Waals surface area (Å²) >= 11 is 0. The van der Waals surface area contributed by atoms with E-state index in [1.165, 1.54) is 0 Å². The Morgan fingerprint density at radius 2 is 1.31 bits per heavy atom. The van der Waals surface area contributed by atoms with Gasteiger partial charge in [-0.05, 0) is 5.92 Å². The van der Waals surface area contributed by atoms with Gasteiger partial charge in [-0.3, -0.25) is 0 Å². The molecule has 0 aromatic carbocycles. The molecule has 0 aromatic heterocycles. The van der Waals surface area contributed by atoms with Crippen molar-refractivity contribution in [3.63, 3.8) is 0 Å². The monoisotopic (exact) mass is 272 g/mol. The van der Waals surface area contributed by atoms with Gasteiger partial charge in [0.05, 0.1) is 6.61 Å². The van der Waals surface area contributed by atoms with E-state index in [1.807, 2.05) is 0 Å². The maximum Gasteiger partial charge on any atom is 0.389 e. The summed E-state index contributed by atoms with van der Waals surface area (Å²) in [5.74, 6) is -1.95. The Labute approximate surface area is 88.0 Å². The lowest BCUT2D eigenvalue weighted by Crippen LogP contribution is -2.26. The minimum atomic E-state index is -4.80. The first kappa shape index (κ1) is 15.9. The number of hydrogen-bond acceptors (Lipinski definition) is 3. The number of halogens is 6. The van der Waals surface area contributed by atoms with E-state index in [2.05, 4.69) is 4.52 Å². The Hall–Kier alpha value is -0.110. The SMILES string of the molecule is [O-]P([O-])OCC(CC(F)(F)F)CC(F)(F)F. The predicted octanol–water partition coefficient (Wildman–Crippen LogP) is 1.47. The summed E-state index contributed by atoms with van der Waals surface area (Å²) < 4.78 is 74.7. The molecule has 0 fully saturated rings. The van der Waals surface area contributed by atoms with Crippen molar-refractivity contribution in [1.29, 1.82) is 0 Å². The molecule has 0 radical (unpaired) electrons. The van der Waals surface area contributed by atoms with Gasteiger partial charge < -0.3 is 14.3 Å². The highest BCUT2D eigenvalue weighted by atomic mass is 31.2. The zero-order valence-corrected chi connectivity index (χ0v) is 8.53. The molecular formula is C6H7F6O3P-2. The van der Waals surface area contributed by atoms with Crippen LogP contribution in [0.1, 0.15) is 12.8 Å². The van der Waals surface area contributed by atoms with Gasteiger partial charge in [-0.15, -0.1) is 0 Å². The average Bonchev–Trinajstić information content (AvgIpc) is 1.93. The van der Waals surface area contributed by atoms with E-state index in [-0.39, 0.29) is 0 Å². The Morgan fingerprint density at radius 3 is 1.56 bits per heavy atom. The third kappa shape index (κ3) is 10.4. The first-order valence-corrected chi connectivity index (χ1v) is 5.00. The zero-order chi connectivity index (χ0) is 13.0. The fourth-order valence-corrected chi connectivity index (χ4v) is 1.34. The molecule has 0 rings (SSSR count). The van der Waals surface area contributed by atoms with Crippen LogP contribution >= 0.6 is 8.60 Å². The highest BCUT2D eigenvalue weighted by molar-refractivity contribution is 7.36. The van der Waals surface area contributed by atoms with Gasteiger partial charge in [0, 0.05) is 12.8 Å². The molecule has 0 aliphatic heterocycles. The van der Waals surface area contributed by atoms with Crippen LogP contribution in [0.25, 0.3) is 0 Å². The van der Waals surface area contributed by atoms with Gasteiger partial charge in [-0.2, -0.15) is 34.9 Å². The molecule has 0 aromatic rings. The minimum Gasteiger partial charge on any atom is -0.820 e. The predicted molar refractivity (Wildman–Crippen MR) is 37.7 cm³/mol. The second kappa shape index (κ2) is 6.00. The van der Waals surface area contributed by atoms with E-state index in [9.17, 15) is 36.1 Å². The van der Waals surface area contributed by atoms with Crippen molar-refractivity contribution in [1.82, 2.24) is 0 Å². The standard InChI is InChI=1S/C6H7F6O3P/c7-5(8,9)1-4(2-6(10,11)12)3-15-16(13)14/h4H,1-3H2/q-2. The van der Waals surface area contributed by atoms with Crippen molar-refractivity contribution in [2.75, 3.05) is 6.61 Å². The van der Waals surface area contributed by atoms with Crippen LogP contribution in [0.2, 0.25) is 0 Å². The maximum absolute atomic E-state index is 11.8. The number of alkyl halides is 6. The first-order valence-electron chi connectivity index (χ1n) is 3.90. The van der Waals surface area contributed by atoms with E-state index < -0.39 is 46.3 Å². The van der Waals surface area contributed by atoms with Gasteiger partial charge in [0.15, 0.2) is 0 Å². The van der Waals surface area contributed by atoms with Crippen LogP contribution in [0, 0.1) is 5.92 Å². The smallest absolute Gasteiger partial charge is 0.389 e. The largest absolute Gasteiger partial charge is 0.820 e. The van der Waals surface area contributed by atoms with Gasteiger partial charge in [0.2, 0.25) is 0 Å². The number of rotatable bonds is 5. The lowest BCUT2D eigenvalue weighted by molar-refractivity contribution is -0.319. The Bertz CT molecular complexity index is 187. The van der Waals surface area contributed by atoms with Gasteiger partial charge in [-0.1, -0.05) is 0 Å². The van der Waals surface area contributed by atoms with Crippen molar-refractivity contribution < 1.29 is 40.7 Å². The van der Waals surface area contributed by atoms with Crippen molar-refractivity contribution in [2.24, 2.45) is 5.92 Å². The molecule has 0 saturated carbocycles. The normalized spacial score (nSPS) is 13.9. The van der Waals surface area contributed by atoms with Gasteiger partial charge >= 0.3 is 12.4 Å². The van der Waals surface area contributed by atoms with Crippen molar-refractivity contribution in [3.05, 3.63) is 0 Å². The molecule has 16 heavy (non-hydrogen) atoms. The van der Waals surface area contributed by atoms with Crippen molar-refractivity contribution in [3.8, 4) is 0 Å². The Kier molecular flexibility index (Phi) is 5.95.